The van der Waals surface area contributed by atoms with Crippen molar-refractivity contribution in [1.82, 2.24) is 5.32 Å². The van der Waals surface area contributed by atoms with E-state index in [9.17, 15) is 4.79 Å². The molecule has 0 saturated carbocycles. The van der Waals surface area contributed by atoms with Gasteiger partial charge in [0.2, 0.25) is 0 Å². The van der Waals surface area contributed by atoms with Gasteiger partial charge < -0.3 is 5.32 Å². The van der Waals surface area contributed by atoms with Crippen molar-refractivity contribution < 1.29 is 4.79 Å². The zero-order valence-corrected chi connectivity index (χ0v) is 17.5. The molecule has 0 radical (unpaired) electrons. The number of carbonyl (C=O) groups is 1. The molecule has 1 N–H and O–H groups in total. The zero-order chi connectivity index (χ0) is 20.8. The van der Waals surface area contributed by atoms with Crippen molar-refractivity contribution in [1.29, 1.82) is 0 Å². The van der Waals surface area contributed by atoms with E-state index in [1.165, 1.54) is 11.1 Å². The summed E-state index contributed by atoms with van der Waals surface area (Å²) >= 11 is 0. The van der Waals surface area contributed by atoms with Crippen molar-refractivity contribution in [2.45, 2.75) is 39.5 Å². The van der Waals surface area contributed by atoms with Crippen LogP contribution in [-0.2, 0) is 0 Å². The Bertz CT molecular complexity index is 963. The topological polar surface area (TPSA) is 41.5 Å². The number of hydrogen-bond donors (Lipinski definition) is 1. The zero-order valence-electron chi connectivity index (χ0n) is 17.5. The largest absolute Gasteiger partial charge is 0.306 e. The average Bonchev–Trinajstić information content (AvgIpc) is 2.74. The summed E-state index contributed by atoms with van der Waals surface area (Å²) in [6, 6.07) is 25.4. The number of amides is 1. The summed E-state index contributed by atoms with van der Waals surface area (Å²) in [5.41, 5.74) is 4.80. The number of para-hydroxylation sites is 1. The Morgan fingerprint density at radius 1 is 0.690 bits per heavy atom. The number of aliphatic imine (C=N–C) groups is 1. The standard InChI is InChI=1S/C26H28N2O/c1-18(2)22-16-11-17-23(19(3)4)24(22)27-25(20-12-7-5-8-13-20)28-26(29)21-14-9-6-10-15-21/h5-19H,1-4H3,(H,27,28,29). The quantitative estimate of drug-likeness (QED) is 0.399. The lowest BCUT2D eigenvalue weighted by atomic mass is 9.93. The second kappa shape index (κ2) is 9.33. The highest BCUT2D eigenvalue weighted by Crippen LogP contribution is 2.35. The van der Waals surface area contributed by atoms with Crippen molar-refractivity contribution in [3.63, 3.8) is 0 Å². The minimum Gasteiger partial charge on any atom is -0.306 e. The summed E-state index contributed by atoms with van der Waals surface area (Å²) in [7, 11) is 0. The molecule has 0 atom stereocenters. The van der Waals surface area contributed by atoms with Crippen LogP contribution in [0, 0.1) is 0 Å². The molecule has 0 saturated heterocycles. The van der Waals surface area contributed by atoms with E-state index in [1.54, 1.807) is 12.1 Å². The highest BCUT2D eigenvalue weighted by atomic mass is 16.1. The van der Waals surface area contributed by atoms with E-state index >= 15 is 0 Å². The monoisotopic (exact) mass is 384 g/mol. The number of nitrogens with zero attached hydrogens (tertiary/aromatic N) is 1. The van der Waals surface area contributed by atoms with Gasteiger partial charge in [-0.05, 0) is 35.1 Å². The summed E-state index contributed by atoms with van der Waals surface area (Å²) in [4.78, 5) is 17.9. The van der Waals surface area contributed by atoms with E-state index in [0.717, 1.165) is 11.3 Å². The van der Waals surface area contributed by atoms with Gasteiger partial charge in [0.1, 0.15) is 5.84 Å². The maximum atomic E-state index is 12.9. The molecule has 0 aromatic heterocycles. The molecule has 0 heterocycles. The van der Waals surface area contributed by atoms with Gasteiger partial charge in [0.15, 0.2) is 0 Å². The van der Waals surface area contributed by atoms with Crippen LogP contribution in [0.1, 0.15) is 66.6 Å². The molecule has 0 aliphatic heterocycles. The predicted octanol–water partition coefficient (Wildman–Crippen LogP) is 6.44. The van der Waals surface area contributed by atoms with Crippen LogP contribution in [0.4, 0.5) is 5.69 Å². The lowest BCUT2D eigenvalue weighted by molar-refractivity contribution is 0.0977. The van der Waals surface area contributed by atoms with E-state index < -0.39 is 0 Å². The van der Waals surface area contributed by atoms with Crippen molar-refractivity contribution in [3.05, 3.63) is 101 Å². The van der Waals surface area contributed by atoms with Crippen molar-refractivity contribution in [3.8, 4) is 0 Å². The van der Waals surface area contributed by atoms with Crippen LogP contribution in [-0.4, -0.2) is 11.7 Å². The number of nitrogens with one attached hydrogen (secondary N) is 1. The van der Waals surface area contributed by atoms with E-state index in [4.69, 9.17) is 4.99 Å². The molecule has 29 heavy (non-hydrogen) atoms. The van der Waals surface area contributed by atoms with E-state index in [1.807, 2.05) is 48.5 Å². The number of amidine groups is 1. The third-order valence-electron chi connectivity index (χ3n) is 4.88. The highest BCUT2D eigenvalue weighted by Gasteiger charge is 2.16. The van der Waals surface area contributed by atoms with Gasteiger partial charge in [0.05, 0.1) is 5.69 Å². The van der Waals surface area contributed by atoms with Crippen LogP contribution in [0.25, 0.3) is 0 Å². The fraction of sp³-hybridized carbons (Fsp3) is 0.231. The summed E-state index contributed by atoms with van der Waals surface area (Å²) in [6.07, 6.45) is 0. The molecule has 0 aliphatic rings. The fourth-order valence-electron chi connectivity index (χ4n) is 3.28. The van der Waals surface area contributed by atoms with E-state index in [-0.39, 0.29) is 5.91 Å². The predicted molar refractivity (Wildman–Crippen MR) is 121 cm³/mol. The maximum Gasteiger partial charge on any atom is 0.256 e. The number of carbonyl (C=O) groups excluding carboxylic acids is 1. The first kappa shape index (κ1) is 20.5. The smallest absolute Gasteiger partial charge is 0.256 e. The first-order valence-corrected chi connectivity index (χ1v) is 10.1. The summed E-state index contributed by atoms with van der Waals surface area (Å²) < 4.78 is 0. The molecular formula is C26H28N2O. The molecule has 1 amide bonds. The van der Waals surface area contributed by atoms with Crippen molar-refractivity contribution >= 4 is 17.4 Å². The molecule has 148 valence electrons. The third kappa shape index (κ3) is 5.00. The Morgan fingerprint density at radius 3 is 1.66 bits per heavy atom. The molecule has 0 aliphatic carbocycles. The third-order valence-corrected chi connectivity index (χ3v) is 4.88. The van der Waals surface area contributed by atoms with Gasteiger partial charge >= 0.3 is 0 Å². The van der Waals surface area contributed by atoms with E-state index in [2.05, 4.69) is 51.2 Å². The lowest BCUT2D eigenvalue weighted by Gasteiger charge is -2.18. The minimum absolute atomic E-state index is 0.165. The Hall–Kier alpha value is -3.20. The summed E-state index contributed by atoms with van der Waals surface area (Å²) in [5, 5.41) is 3.04. The van der Waals surface area contributed by atoms with Gasteiger partial charge in [0, 0.05) is 11.1 Å². The fourth-order valence-corrected chi connectivity index (χ4v) is 3.28. The first-order valence-electron chi connectivity index (χ1n) is 10.1. The van der Waals surface area contributed by atoms with Crippen LogP contribution >= 0.6 is 0 Å². The van der Waals surface area contributed by atoms with Gasteiger partial charge in [-0.15, -0.1) is 0 Å². The Labute approximate surface area is 173 Å². The normalized spacial score (nSPS) is 11.7. The van der Waals surface area contributed by atoms with Crippen molar-refractivity contribution in [2.24, 2.45) is 4.99 Å². The minimum atomic E-state index is -0.165. The van der Waals surface area contributed by atoms with Crippen molar-refractivity contribution in [2.75, 3.05) is 0 Å². The van der Waals surface area contributed by atoms with Crippen LogP contribution in [0.3, 0.4) is 0 Å². The van der Waals surface area contributed by atoms with Gasteiger partial charge in [-0.3, -0.25) is 4.79 Å². The molecule has 0 bridgehead atoms. The molecule has 3 nitrogen and oxygen atoms in total. The maximum absolute atomic E-state index is 12.9. The first-order chi connectivity index (χ1) is 14.0. The molecule has 3 rings (SSSR count). The van der Waals surface area contributed by atoms with Crippen LogP contribution in [0.2, 0.25) is 0 Å². The van der Waals surface area contributed by atoms with Gasteiger partial charge in [0.25, 0.3) is 5.91 Å². The SMILES string of the molecule is CC(C)c1cccc(C(C)C)c1N=C(NC(=O)c1ccccc1)c1ccccc1. The Balaban J connectivity index is 2.13. The van der Waals surface area contributed by atoms with Gasteiger partial charge in [-0.1, -0.05) is 94.4 Å². The number of benzene rings is 3. The van der Waals surface area contributed by atoms with Gasteiger partial charge in [-0.2, -0.15) is 0 Å². The Kier molecular flexibility index (Phi) is 6.61. The second-order valence-corrected chi connectivity index (χ2v) is 7.74. The summed E-state index contributed by atoms with van der Waals surface area (Å²) in [5.74, 6) is 1.05. The molecular weight excluding hydrogens is 356 g/mol. The average molecular weight is 385 g/mol. The Morgan fingerprint density at radius 2 is 1.17 bits per heavy atom. The van der Waals surface area contributed by atoms with Crippen LogP contribution in [0.5, 0.6) is 0 Å². The summed E-state index contributed by atoms with van der Waals surface area (Å²) in [6.45, 7) is 8.68. The molecule has 0 fully saturated rings. The van der Waals surface area contributed by atoms with E-state index in [0.29, 0.717) is 23.2 Å². The second-order valence-electron chi connectivity index (χ2n) is 7.74. The number of hydrogen-bond acceptors (Lipinski definition) is 2. The number of rotatable bonds is 5. The van der Waals surface area contributed by atoms with Crippen LogP contribution < -0.4 is 5.32 Å². The molecule has 0 unspecified atom stereocenters. The van der Waals surface area contributed by atoms with Crippen LogP contribution in [0.15, 0.2) is 83.9 Å². The molecule has 3 heteroatoms. The highest BCUT2D eigenvalue weighted by molar-refractivity contribution is 6.13. The van der Waals surface area contributed by atoms with Gasteiger partial charge in [-0.25, -0.2) is 4.99 Å². The molecule has 3 aromatic rings. The molecule has 3 aromatic carbocycles. The lowest BCUT2D eigenvalue weighted by Crippen LogP contribution is -2.31. The molecule has 0 spiro atoms.